The molecule has 0 aliphatic heterocycles. The molecule has 0 spiro atoms. The second kappa shape index (κ2) is 6.08. The molecular weight excluding hydrogens is 264 g/mol. The average Bonchev–Trinajstić information content (AvgIpc) is 2.88. The molecule has 19 heavy (non-hydrogen) atoms. The van der Waals surface area contributed by atoms with Gasteiger partial charge in [-0.05, 0) is 31.7 Å². The number of oxazole rings is 1. The Kier molecular flexibility index (Phi) is 4.45. The molecule has 1 heterocycles. The quantitative estimate of drug-likeness (QED) is 0.908. The first-order valence-electron chi connectivity index (χ1n) is 6.18. The highest BCUT2D eigenvalue weighted by Crippen LogP contribution is 2.33. The van der Waals surface area contributed by atoms with Crippen LogP contribution in [0.2, 0.25) is 5.02 Å². The van der Waals surface area contributed by atoms with Crippen LogP contribution in [0.4, 0.5) is 0 Å². The molecule has 5 heteroatoms. The number of nitrogens with one attached hydrogen (secondary N) is 1. The van der Waals surface area contributed by atoms with Crippen LogP contribution < -0.4 is 10.1 Å². The molecule has 0 amide bonds. The second-order valence-electron chi connectivity index (χ2n) is 4.19. The second-order valence-corrected chi connectivity index (χ2v) is 4.62. The monoisotopic (exact) mass is 280 g/mol. The van der Waals surface area contributed by atoms with Crippen LogP contribution in [-0.4, -0.2) is 18.6 Å². The van der Waals surface area contributed by atoms with Gasteiger partial charge in [0.05, 0.1) is 24.9 Å². The molecule has 1 N–H and O–H groups in total. The molecule has 0 fully saturated rings. The van der Waals surface area contributed by atoms with Crippen LogP contribution in [0.25, 0.3) is 11.3 Å². The lowest BCUT2D eigenvalue weighted by Gasteiger charge is -2.08. The first-order chi connectivity index (χ1) is 9.15. The molecule has 0 radical (unpaired) electrons. The van der Waals surface area contributed by atoms with Crippen molar-refractivity contribution in [1.29, 1.82) is 0 Å². The van der Waals surface area contributed by atoms with E-state index in [9.17, 15) is 0 Å². The average molecular weight is 281 g/mol. The van der Waals surface area contributed by atoms with Crippen LogP contribution in [0.5, 0.6) is 5.75 Å². The van der Waals surface area contributed by atoms with Crippen molar-refractivity contribution in [3.63, 3.8) is 0 Å². The van der Waals surface area contributed by atoms with Crippen molar-refractivity contribution >= 4 is 11.6 Å². The highest BCUT2D eigenvalue weighted by molar-refractivity contribution is 6.30. The highest BCUT2D eigenvalue weighted by Gasteiger charge is 2.15. The van der Waals surface area contributed by atoms with Crippen molar-refractivity contribution in [1.82, 2.24) is 10.3 Å². The maximum Gasteiger partial charge on any atom is 0.211 e. The molecule has 1 aromatic carbocycles. The van der Waals surface area contributed by atoms with Gasteiger partial charge in [0.2, 0.25) is 5.89 Å². The Labute approximate surface area is 117 Å². The molecule has 0 aliphatic rings. The molecule has 102 valence electrons. The summed E-state index contributed by atoms with van der Waals surface area (Å²) in [6.45, 7) is 4.92. The Morgan fingerprint density at radius 3 is 2.95 bits per heavy atom. The molecule has 0 bridgehead atoms. The fourth-order valence-electron chi connectivity index (χ4n) is 1.87. The maximum atomic E-state index is 5.94. The van der Waals surface area contributed by atoms with Crippen LogP contribution in [-0.2, 0) is 0 Å². The molecule has 1 unspecified atom stereocenters. The largest absolute Gasteiger partial charge is 0.496 e. The van der Waals surface area contributed by atoms with Crippen molar-refractivity contribution in [3.8, 4) is 17.1 Å². The minimum Gasteiger partial charge on any atom is -0.496 e. The van der Waals surface area contributed by atoms with Crippen LogP contribution in [0.1, 0.15) is 25.8 Å². The first kappa shape index (κ1) is 13.9. The molecular formula is C14H17ClN2O2. The number of benzene rings is 1. The van der Waals surface area contributed by atoms with E-state index < -0.39 is 0 Å². The molecule has 0 aliphatic carbocycles. The highest BCUT2D eigenvalue weighted by atomic mass is 35.5. The predicted molar refractivity (Wildman–Crippen MR) is 75.6 cm³/mol. The summed E-state index contributed by atoms with van der Waals surface area (Å²) in [5.74, 6) is 2.01. The third-order valence-electron chi connectivity index (χ3n) is 2.83. The zero-order valence-electron chi connectivity index (χ0n) is 11.2. The SMILES string of the molecule is CCNC(C)c1ncc(-c2ccc(Cl)cc2OC)o1. The molecule has 1 atom stereocenters. The lowest BCUT2D eigenvalue weighted by atomic mass is 10.1. The summed E-state index contributed by atoms with van der Waals surface area (Å²) in [7, 11) is 1.60. The Morgan fingerprint density at radius 1 is 1.47 bits per heavy atom. The molecule has 2 rings (SSSR count). The van der Waals surface area contributed by atoms with E-state index in [-0.39, 0.29) is 6.04 Å². The zero-order valence-corrected chi connectivity index (χ0v) is 12.0. The Bertz CT molecular complexity index is 554. The lowest BCUT2D eigenvalue weighted by molar-refractivity contribution is 0.408. The number of rotatable bonds is 5. The number of hydrogen-bond acceptors (Lipinski definition) is 4. The molecule has 0 saturated carbocycles. The zero-order chi connectivity index (χ0) is 13.8. The van der Waals surface area contributed by atoms with Gasteiger partial charge in [0, 0.05) is 5.02 Å². The number of methoxy groups -OCH3 is 1. The molecule has 2 aromatic rings. The molecule has 1 aromatic heterocycles. The third-order valence-corrected chi connectivity index (χ3v) is 3.07. The van der Waals surface area contributed by atoms with E-state index in [0.717, 1.165) is 12.1 Å². The number of aromatic nitrogens is 1. The van der Waals surface area contributed by atoms with Crippen molar-refractivity contribution < 1.29 is 9.15 Å². The number of hydrogen-bond donors (Lipinski definition) is 1. The van der Waals surface area contributed by atoms with Gasteiger partial charge in [-0.25, -0.2) is 4.98 Å². The van der Waals surface area contributed by atoms with E-state index in [1.165, 1.54) is 0 Å². The Hall–Kier alpha value is -1.52. The van der Waals surface area contributed by atoms with Crippen molar-refractivity contribution in [2.75, 3.05) is 13.7 Å². The Morgan fingerprint density at radius 2 is 2.26 bits per heavy atom. The minimum absolute atomic E-state index is 0.0806. The predicted octanol–water partition coefficient (Wildman–Crippen LogP) is 3.67. The summed E-state index contributed by atoms with van der Waals surface area (Å²) in [6.07, 6.45) is 1.70. The van der Waals surface area contributed by atoms with Gasteiger partial charge >= 0.3 is 0 Å². The van der Waals surface area contributed by atoms with Gasteiger partial charge in [-0.3, -0.25) is 0 Å². The van der Waals surface area contributed by atoms with Crippen LogP contribution in [0.15, 0.2) is 28.8 Å². The van der Waals surface area contributed by atoms with Crippen LogP contribution in [0.3, 0.4) is 0 Å². The summed E-state index contributed by atoms with van der Waals surface area (Å²) in [5.41, 5.74) is 0.842. The standard InChI is InChI=1S/C14H17ClN2O2/c1-4-16-9(2)14-17-8-13(19-14)11-6-5-10(15)7-12(11)18-3/h5-9,16H,4H2,1-3H3. The van der Waals surface area contributed by atoms with Gasteiger partial charge in [-0.15, -0.1) is 0 Å². The van der Waals surface area contributed by atoms with E-state index in [2.05, 4.69) is 10.3 Å². The number of halogens is 1. The number of ether oxygens (including phenoxy) is 1. The molecule has 4 nitrogen and oxygen atoms in total. The summed E-state index contributed by atoms with van der Waals surface area (Å²) in [6, 6.07) is 5.50. The van der Waals surface area contributed by atoms with Crippen molar-refractivity contribution in [3.05, 3.63) is 35.3 Å². The normalized spacial score (nSPS) is 12.4. The summed E-state index contributed by atoms with van der Waals surface area (Å²) in [4.78, 5) is 4.29. The van der Waals surface area contributed by atoms with Gasteiger partial charge in [-0.1, -0.05) is 18.5 Å². The number of nitrogens with zero attached hydrogens (tertiary/aromatic N) is 1. The van der Waals surface area contributed by atoms with Crippen LogP contribution in [0, 0.1) is 0 Å². The summed E-state index contributed by atoms with van der Waals surface area (Å²) >= 11 is 5.94. The molecule has 0 saturated heterocycles. The maximum absolute atomic E-state index is 5.94. The summed E-state index contributed by atoms with van der Waals surface area (Å²) in [5, 5.41) is 3.88. The smallest absolute Gasteiger partial charge is 0.211 e. The van der Waals surface area contributed by atoms with Gasteiger partial charge in [0.25, 0.3) is 0 Å². The first-order valence-corrected chi connectivity index (χ1v) is 6.56. The van der Waals surface area contributed by atoms with Crippen molar-refractivity contribution in [2.45, 2.75) is 19.9 Å². The van der Waals surface area contributed by atoms with Gasteiger partial charge in [-0.2, -0.15) is 0 Å². The fraction of sp³-hybridized carbons (Fsp3) is 0.357. The van der Waals surface area contributed by atoms with Gasteiger partial charge < -0.3 is 14.5 Å². The fourth-order valence-corrected chi connectivity index (χ4v) is 2.04. The van der Waals surface area contributed by atoms with Gasteiger partial charge in [0.1, 0.15) is 5.75 Å². The van der Waals surface area contributed by atoms with E-state index in [4.69, 9.17) is 20.8 Å². The van der Waals surface area contributed by atoms with E-state index in [1.807, 2.05) is 19.9 Å². The topological polar surface area (TPSA) is 47.3 Å². The van der Waals surface area contributed by atoms with E-state index in [0.29, 0.717) is 22.4 Å². The van der Waals surface area contributed by atoms with Gasteiger partial charge in [0.15, 0.2) is 5.76 Å². The van der Waals surface area contributed by atoms with Crippen molar-refractivity contribution in [2.24, 2.45) is 0 Å². The van der Waals surface area contributed by atoms with E-state index in [1.54, 1.807) is 25.4 Å². The van der Waals surface area contributed by atoms with E-state index >= 15 is 0 Å². The lowest BCUT2D eigenvalue weighted by Crippen LogP contribution is -2.17. The summed E-state index contributed by atoms with van der Waals surface area (Å²) < 4.78 is 11.1. The van der Waals surface area contributed by atoms with Crippen LogP contribution >= 0.6 is 11.6 Å². The Balaban J connectivity index is 2.32. The minimum atomic E-state index is 0.0806. The third kappa shape index (κ3) is 3.08.